The van der Waals surface area contributed by atoms with Crippen molar-refractivity contribution < 1.29 is 27.1 Å². The molecule has 3 aromatic carbocycles. The minimum Gasteiger partial charge on any atom is -0.497 e. The zero-order chi connectivity index (χ0) is 29.4. The molecular formula is C30H36FN3O5S. The third-order valence-electron chi connectivity index (χ3n) is 6.64. The molecule has 0 heterocycles. The van der Waals surface area contributed by atoms with E-state index in [2.05, 4.69) is 5.32 Å². The normalized spacial score (nSPS) is 12.8. The van der Waals surface area contributed by atoms with E-state index in [4.69, 9.17) is 4.74 Å². The Morgan fingerprint density at radius 2 is 1.65 bits per heavy atom. The summed E-state index contributed by atoms with van der Waals surface area (Å²) in [6.45, 7) is 6.84. The summed E-state index contributed by atoms with van der Waals surface area (Å²) in [5.41, 5.74) is 1.89. The fourth-order valence-electron chi connectivity index (χ4n) is 4.07. The Balaban J connectivity index is 2.02. The first-order valence-corrected chi connectivity index (χ1v) is 14.5. The van der Waals surface area contributed by atoms with Crippen LogP contribution >= 0.6 is 0 Å². The Hall–Kier alpha value is -3.92. The monoisotopic (exact) mass is 569 g/mol. The summed E-state index contributed by atoms with van der Waals surface area (Å²) in [4.78, 5) is 28.3. The van der Waals surface area contributed by atoms with Crippen LogP contribution in [0.15, 0.2) is 77.7 Å². The van der Waals surface area contributed by atoms with E-state index < -0.39 is 34.3 Å². The fourth-order valence-corrected chi connectivity index (χ4v) is 5.48. The average Bonchev–Trinajstić information content (AvgIpc) is 2.94. The molecule has 8 nitrogen and oxygen atoms in total. The van der Waals surface area contributed by atoms with Crippen LogP contribution in [0, 0.1) is 12.7 Å². The Labute approximate surface area is 235 Å². The van der Waals surface area contributed by atoms with Crippen molar-refractivity contribution in [3.8, 4) is 5.75 Å². The number of carbonyl (C=O) groups excluding carboxylic acids is 2. The van der Waals surface area contributed by atoms with Crippen LogP contribution in [0.3, 0.4) is 0 Å². The number of amides is 2. The van der Waals surface area contributed by atoms with E-state index in [0.29, 0.717) is 12.2 Å². The first kappa shape index (κ1) is 30.6. The van der Waals surface area contributed by atoms with Crippen molar-refractivity contribution in [3.63, 3.8) is 0 Å². The number of ether oxygens (including phenoxy) is 1. The van der Waals surface area contributed by atoms with Crippen LogP contribution in [0.1, 0.15) is 38.3 Å². The zero-order valence-electron chi connectivity index (χ0n) is 23.4. The summed E-state index contributed by atoms with van der Waals surface area (Å²) in [7, 11) is -2.80. The molecular weight excluding hydrogens is 533 g/mol. The van der Waals surface area contributed by atoms with Gasteiger partial charge in [0.05, 0.1) is 17.7 Å². The summed E-state index contributed by atoms with van der Waals surface area (Å²) in [5, 5.41) is 2.90. The van der Waals surface area contributed by atoms with Crippen molar-refractivity contribution >= 4 is 27.5 Å². The molecule has 0 saturated carbocycles. The lowest BCUT2D eigenvalue weighted by Gasteiger charge is -2.32. The Morgan fingerprint density at radius 1 is 1.00 bits per heavy atom. The van der Waals surface area contributed by atoms with Gasteiger partial charge in [-0.15, -0.1) is 0 Å². The first-order chi connectivity index (χ1) is 19.0. The molecule has 0 aliphatic heterocycles. The topological polar surface area (TPSA) is 96.0 Å². The highest BCUT2D eigenvalue weighted by Crippen LogP contribution is 2.26. The van der Waals surface area contributed by atoms with Crippen LogP contribution in [0.2, 0.25) is 0 Å². The second kappa shape index (κ2) is 13.4. The van der Waals surface area contributed by atoms with E-state index in [9.17, 15) is 22.4 Å². The molecule has 214 valence electrons. The van der Waals surface area contributed by atoms with Crippen LogP contribution in [0.25, 0.3) is 0 Å². The largest absolute Gasteiger partial charge is 0.497 e. The van der Waals surface area contributed by atoms with E-state index in [1.807, 2.05) is 45.0 Å². The number of methoxy groups -OCH3 is 1. The van der Waals surface area contributed by atoms with E-state index in [1.54, 1.807) is 6.92 Å². The van der Waals surface area contributed by atoms with Gasteiger partial charge in [-0.3, -0.25) is 13.9 Å². The van der Waals surface area contributed by atoms with Crippen LogP contribution < -0.4 is 14.4 Å². The molecule has 2 atom stereocenters. The van der Waals surface area contributed by atoms with Gasteiger partial charge in [-0.1, -0.05) is 36.8 Å². The van der Waals surface area contributed by atoms with Crippen molar-refractivity contribution in [2.75, 3.05) is 18.0 Å². The van der Waals surface area contributed by atoms with E-state index >= 15 is 0 Å². The summed E-state index contributed by atoms with van der Waals surface area (Å²) in [6, 6.07) is 17.2. The standard InChI is InChI=1S/C30H36FN3O5S/c1-6-22(3)32-30(36)23(4)33(19-24-9-7-8-21(2)18-24)29(35)20-34(26-12-10-25(31)11-13-26)40(37,38)28-16-14-27(39-5)15-17-28/h7-18,22-23H,6,19-20H2,1-5H3,(H,32,36)/t22-,23+/m1/s1. The maximum absolute atomic E-state index is 13.9. The highest BCUT2D eigenvalue weighted by atomic mass is 32.2. The lowest BCUT2D eigenvalue weighted by atomic mass is 10.1. The van der Waals surface area contributed by atoms with E-state index in [-0.39, 0.29) is 29.1 Å². The van der Waals surface area contributed by atoms with Gasteiger partial charge in [-0.2, -0.15) is 0 Å². The van der Waals surface area contributed by atoms with Crippen LogP contribution in [-0.4, -0.2) is 50.9 Å². The summed E-state index contributed by atoms with van der Waals surface area (Å²) < 4.78 is 47.4. The number of hydrogen-bond acceptors (Lipinski definition) is 5. The number of carbonyl (C=O) groups is 2. The van der Waals surface area contributed by atoms with Gasteiger partial charge in [0.1, 0.15) is 24.2 Å². The lowest BCUT2D eigenvalue weighted by molar-refractivity contribution is -0.139. The number of sulfonamides is 1. The van der Waals surface area contributed by atoms with Crippen LogP contribution in [-0.2, 0) is 26.2 Å². The van der Waals surface area contributed by atoms with Gasteiger partial charge in [0, 0.05) is 12.6 Å². The molecule has 0 radical (unpaired) electrons. The van der Waals surface area contributed by atoms with Gasteiger partial charge in [-0.25, -0.2) is 12.8 Å². The molecule has 10 heteroatoms. The second-order valence-electron chi connectivity index (χ2n) is 9.67. The van der Waals surface area contributed by atoms with Crippen LogP contribution in [0.4, 0.5) is 10.1 Å². The summed E-state index contributed by atoms with van der Waals surface area (Å²) >= 11 is 0. The minimum absolute atomic E-state index is 0.0711. The first-order valence-electron chi connectivity index (χ1n) is 13.0. The van der Waals surface area contributed by atoms with E-state index in [1.165, 1.54) is 48.4 Å². The molecule has 0 aromatic heterocycles. The van der Waals surface area contributed by atoms with Gasteiger partial charge in [0.15, 0.2) is 0 Å². The highest BCUT2D eigenvalue weighted by Gasteiger charge is 2.33. The van der Waals surface area contributed by atoms with Crippen molar-refractivity contribution in [3.05, 3.63) is 89.7 Å². The molecule has 0 fully saturated rings. The molecule has 40 heavy (non-hydrogen) atoms. The molecule has 3 rings (SSSR count). The van der Waals surface area contributed by atoms with Crippen molar-refractivity contribution in [1.82, 2.24) is 10.2 Å². The maximum atomic E-state index is 13.9. The van der Waals surface area contributed by atoms with Gasteiger partial charge in [-0.05, 0) is 81.3 Å². The van der Waals surface area contributed by atoms with Gasteiger partial charge < -0.3 is 15.0 Å². The lowest BCUT2D eigenvalue weighted by Crippen LogP contribution is -2.52. The second-order valence-corrected chi connectivity index (χ2v) is 11.5. The Morgan fingerprint density at radius 3 is 2.23 bits per heavy atom. The van der Waals surface area contributed by atoms with Crippen molar-refractivity contribution in [2.24, 2.45) is 0 Å². The average molecular weight is 570 g/mol. The summed E-state index contributed by atoms with van der Waals surface area (Å²) in [6.07, 6.45) is 0.711. The van der Waals surface area contributed by atoms with Crippen molar-refractivity contribution in [1.29, 1.82) is 0 Å². The highest BCUT2D eigenvalue weighted by molar-refractivity contribution is 7.92. The predicted molar refractivity (Wildman–Crippen MR) is 153 cm³/mol. The summed E-state index contributed by atoms with van der Waals surface area (Å²) in [5.74, 6) is -1.02. The zero-order valence-corrected chi connectivity index (χ0v) is 24.2. The molecule has 0 saturated heterocycles. The molecule has 0 aliphatic rings. The number of nitrogens with zero attached hydrogens (tertiary/aromatic N) is 2. The van der Waals surface area contributed by atoms with Crippen LogP contribution in [0.5, 0.6) is 5.75 Å². The predicted octanol–water partition coefficient (Wildman–Crippen LogP) is 4.67. The number of aryl methyl sites for hydroxylation is 1. The Kier molecular flexibility index (Phi) is 10.3. The number of benzene rings is 3. The quantitative estimate of drug-likeness (QED) is 0.342. The number of rotatable bonds is 12. The number of nitrogens with one attached hydrogen (secondary N) is 1. The minimum atomic E-state index is -4.26. The van der Waals surface area contributed by atoms with Gasteiger partial charge in [0.25, 0.3) is 10.0 Å². The third-order valence-corrected chi connectivity index (χ3v) is 8.43. The fraction of sp³-hybridized carbons (Fsp3) is 0.333. The number of hydrogen-bond donors (Lipinski definition) is 1. The van der Waals surface area contributed by atoms with E-state index in [0.717, 1.165) is 27.6 Å². The van der Waals surface area contributed by atoms with Crippen molar-refractivity contribution in [2.45, 2.75) is 57.6 Å². The smallest absolute Gasteiger partial charge is 0.264 e. The van der Waals surface area contributed by atoms with Gasteiger partial charge in [0.2, 0.25) is 11.8 Å². The molecule has 0 spiro atoms. The molecule has 0 bridgehead atoms. The molecule has 2 amide bonds. The number of anilines is 1. The SMILES string of the molecule is CC[C@@H](C)NC(=O)[C@H](C)N(Cc1cccc(C)c1)C(=O)CN(c1ccc(F)cc1)S(=O)(=O)c1ccc(OC)cc1. The third kappa shape index (κ3) is 7.59. The molecule has 0 aliphatic carbocycles. The van der Waals surface area contributed by atoms with Gasteiger partial charge >= 0.3 is 0 Å². The number of halogens is 1. The Bertz CT molecular complexity index is 1410. The molecule has 3 aromatic rings. The maximum Gasteiger partial charge on any atom is 0.264 e. The molecule has 1 N–H and O–H groups in total. The molecule has 0 unspecified atom stereocenters.